The van der Waals surface area contributed by atoms with Crippen LogP contribution < -0.4 is 16.4 Å². The molecule has 240 valence electrons. The first-order chi connectivity index (χ1) is 25.7. The van der Waals surface area contributed by atoms with Gasteiger partial charge in [-0.15, -0.1) is 0 Å². The second-order valence-electron chi connectivity index (χ2n) is 14.5. The molecule has 0 N–H and O–H groups in total. The quantitative estimate of drug-likeness (QED) is 0.161. The summed E-state index contributed by atoms with van der Waals surface area (Å²) >= 11 is 6.92. The van der Waals surface area contributed by atoms with Crippen LogP contribution in [-0.4, -0.2) is 11.3 Å². The zero-order valence-corrected chi connectivity index (χ0v) is 28.9. The summed E-state index contributed by atoms with van der Waals surface area (Å²) in [6, 6.07) is 65.3. The molecule has 3 aliphatic rings. The van der Waals surface area contributed by atoms with Crippen LogP contribution in [0.4, 0.5) is 0 Å². The smallest absolute Gasteiger partial charge is 0.243 e. The van der Waals surface area contributed by atoms with E-state index in [4.69, 9.17) is 11.6 Å². The first kappa shape index (κ1) is 28.6. The lowest BCUT2D eigenvalue weighted by molar-refractivity contribution is 0.776. The number of hydrogen-bond donors (Lipinski definition) is 0. The van der Waals surface area contributed by atoms with Crippen molar-refractivity contribution in [1.29, 1.82) is 0 Å². The average Bonchev–Trinajstić information content (AvgIpc) is 3.82. The molecule has 3 heterocycles. The number of para-hydroxylation sites is 2. The predicted octanol–water partition coefficient (Wildman–Crippen LogP) is 10.3. The molecular formula is C49H29BClN. The third-order valence-electron chi connectivity index (χ3n) is 12.2. The summed E-state index contributed by atoms with van der Waals surface area (Å²) in [6.45, 7) is 0.201. The molecule has 3 heteroatoms. The van der Waals surface area contributed by atoms with Crippen molar-refractivity contribution in [2.45, 2.75) is 5.41 Å². The Kier molecular flexibility index (Phi) is 5.64. The molecule has 0 radical (unpaired) electrons. The van der Waals surface area contributed by atoms with Gasteiger partial charge in [0, 0.05) is 21.5 Å². The highest BCUT2D eigenvalue weighted by atomic mass is 35.5. The van der Waals surface area contributed by atoms with Crippen LogP contribution in [0.15, 0.2) is 176 Å². The van der Waals surface area contributed by atoms with Crippen LogP contribution in [0.25, 0.3) is 60.9 Å². The molecule has 52 heavy (non-hydrogen) atoms. The molecule has 0 saturated carbocycles. The molecule has 0 bridgehead atoms. The zero-order chi connectivity index (χ0) is 34.1. The number of halogens is 1. The number of nitrogens with zero attached hydrogens (tertiary/aromatic N) is 1. The molecule has 2 aliphatic heterocycles. The summed E-state index contributed by atoms with van der Waals surface area (Å²) in [5.41, 5.74) is 20.3. The zero-order valence-electron chi connectivity index (χ0n) is 28.1. The third kappa shape index (κ3) is 3.50. The standard InChI is InChI=1S/C49H29BClN/c51-32-23-27-35-34-26-22-31(30-20-24-33(25-21-30)52-46-18-7-2-11-37(46)38-12-3-8-19-47(38)52)28-42(34)49(43(35)29-32)40-14-4-6-17-45(40)50-44-16-5-1-10-36(44)39-13-9-15-41(49)48(39)50/h1-29H. The number of hydrogen-bond acceptors (Lipinski definition) is 0. The van der Waals surface area contributed by atoms with Crippen molar-refractivity contribution >= 4 is 56.5 Å². The Hall–Kier alpha value is -6.09. The van der Waals surface area contributed by atoms with Crippen LogP contribution in [0, 0.1) is 0 Å². The largest absolute Gasteiger partial charge is 0.309 e. The topological polar surface area (TPSA) is 4.93 Å². The van der Waals surface area contributed by atoms with Crippen LogP contribution >= 0.6 is 11.6 Å². The fourth-order valence-corrected chi connectivity index (χ4v) is 10.4. The van der Waals surface area contributed by atoms with Gasteiger partial charge < -0.3 is 4.57 Å². The van der Waals surface area contributed by atoms with E-state index in [9.17, 15) is 0 Å². The summed E-state index contributed by atoms with van der Waals surface area (Å²) in [7, 11) is 0. The molecular weight excluding hydrogens is 649 g/mol. The van der Waals surface area contributed by atoms with E-state index in [0.29, 0.717) is 0 Å². The van der Waals surface area contributed by atoms with Crippen LogP contribution in [0.3, 0.4) is 0 Å². The predicted molar refractivity (Wildman–Crippen MR) is 219 cm³/mol. The Morgan fingerprint density at radius 1 is 0.423 bits per heavy atom. The maximum Gasteiger partial charge on any atom is 0.243 e. The maximum absolute atomic E-state index is 6.92. The molecule has 0 saturated heterocycles. The summed E-state index contributed by atoms with van der Waals surface area (Å²) in [4.78, 5) is 0. The summed E-state index contributed by atoms with van der Waals surface area (Å²) in [5, 5.41) is 3.31. The molecule has 0 amide bonds. The fraction of sp³-hybridized carbons (Fsp3) is 0.0204. The van der Waals surface area contributed by atoms with Crippen molar-refractivity contribution in [2.75, 3.05) is 0 Å². The molecule has 1 spiro atoms. The van der Waals surface area contributed by atoms with E-state index in [1.807, 2.05) is 6.07 Å². The Bertz CT molecular complexity index is 2940. The van der Waals surface area contributed by atoms with Gasteiger partial charge in [-0.05, 0) is 98.1 Å². The summed E-state index contributed by atoms with van der Waals surface area (Å²) < 4.78 is 2.38. The van der Waals surface area contributed by atoms with Gasteiger partial charge in [-0.25, -0.2) is 0 Å². The van der Waals surface area contributed by atoms with E-state index in [2.05, 4.69) is 174 Å². The minimum absolute atomic E-state index is 0.201. The van der Waals surface area contributed by atoms with Crippen molar-refractivity contribution < 1.29 is 0 Å². The van der Waals surface area contributed by atoms with Gasteiger partial charge >= 0.3 is 0 Å². The minimum atomic E-state index is -0.505. The van der Waals surface area contributed by atoms with Crippen molar-refractivity contribution in [3.8, 4) is 39.1 Å². The monoisotopic (exact) mass is 677 g/mol. The Labute approximate surface area is 307 Å². The van der Waals surface area contributed by atoms with Gasteiger partial charge in [0.1, 0.15) is 0 Å². The van der Waals surface area contributed by atoms with Crippen LogP contribution in [-0.2, 0) is 5.41 Å². The SMILES string of the molecule is Clc1ccc2c(c1)C1(c3ccccc3B3c4ccccc4-c4cccc1c43)c1cc(-c3ccc(-n4c5ccccc5c5ccccc54)cc3)ccc1-2. The van der Waals surface area contributed by atoms with E-state index in [-0.39, 0.29) is 6.71 Å². The van der Waals surface area contributed by atoms with E-state index in [0.717, 1.165) is 10.7 Å². The highest BCUT2D eigenvalue weighted by Crippen LogP contribution is 2.58. The van der Waals surface area contributed by atoms with Gasteiger partial charge in [-0.2, -0.15) is 0 Å². The van der Waals surface area contributed by atoms with Crippen LogP contribution in [0.2, 0.25) is 5.02 Å². The number of benzene rings is 8. The second kappa shape index (κ2) is 10.3. The van der Waals surface area contributed by atoms with E-state index >= 15 is 0 Å². The van der Waals surface area contributed by atoms with Gasteiger partial charge in [0.2, 0.25) is 6.71 Å². The Morgan fingerprint density at radius 3 is 1.81 bits per heavy atom. The number of rotatable bonds is 2. The Morgan fingerprint density at radius 2 is 1.02 bits per heavy atom. The molecule has 1 unspecified atom stereocenters. The number of fused-ring (bicyclic) bond motifs is 15. The first-order valence-electron chi connectivity index (χ1n) is 18.1. The molecule has 12 rings (SSSR count). The lowest BCUT2D eigenvalue weighted by Gasteiger charge is -2.42. The van der Waals surface area contributed by atoms with Crippen molar-refractivity contribution in [1.82, 2.24) is 4.57 Å². The molecule has 9 aromatic rings. The van der Waals surface area contributed by atoms with Gasteiger partial charge in [0.05, 0.1) is 16.4 Å². The lowest BCUT2D eigenvalue weighted by atomic mass is 9.32. The third-order valence-corrected chi connectivity index (χ3v) is 12.4. The van der Waals surface area contributed by atoms with Crippen molar-refractivity contribution in [2.24, 2.45) is 0 Å². The first-order valence-corrected chi connectivity index (χ1v) is 18.5. The number of aromatic nitrogens is 1. The fourth-order valence-electron chi connectivity index (χ4n) is 10.2. The Balaban J connectivity index is 1.09. The van der Waals surface area contributed by atoms with Gasteiger partial charge in [-0.3, -0.25) is 0 Å². The molecule has 1 aliphatic carbocycles. The minimum Gasteiger partial charge on any atom is -0.309 e. The van der Waals surface area contributed by atoms with Crippen molar-refractivity contribution in [3.63, 3.8) is 0 Å². The maximum atomic E-state index is 6.92. The van der Waals surface area contributed by atoms with Gasteiger partial charge in [0.15, 0.2) is 0 Å². The molecule has 1 nitrogen and oxygen atoms in total. The molecule has 0 fully saturated rings. The van der Waals surface area contributed by atoms with Crippen LogP contribution in [0.1, 0.15) is 22.3 Å². The normalized spacial score (nSPS) is 15.8. The van der Waals surface area contributed by atoms with Gasteiger partial charge in [-0.1, -0.05) is 161 Å². The highest BCUT2D eigenvalue weighted by molar-refractivity contribution is 7.00. The van der Waals surface area contributed by atoms with E-state index < -0.39 is 5.41 Å². The van der Waals surface area contributed by atoms with Gasteiger partial charge in [0.25, 0.3) is 0 Å². The summed E-state index contributed by atoms with van der Waals surface area (Å²) in [5.74, 6) is 0. The molecule has 8 aromatic carbocycles. The molecule has 1 aromatic heterocycles. The highest BCUT2D eigenvalue weighted by Gasteiger charge is 2.54. The second-order valence-corrected chi connectivity index (χ2v) is 14.9. The lowest BCUT2D eigenvalue weighted by Crippen LogP contribution is -2.59. The molecule has 1 atom stereocenters. The van der Waals surface area contributed by atoms with E-state index in [1.165, 1.54) is 93.8 Å². The summed E-state index contributed by atoms with van der Waals surface area (Å²) in [6.07, 6.45) is 0. The van der Waals surface area contributed by atoms with E-state index in [1.54, 1.807) is 0 Å². The van der Waals surface area contributed by atoms with Crippen LogP contribution in [0.5, 0.6) is 0 Å². The van der Waals surface area contributed by atoms with Crippen molar-refractivity contribution in [3.05, 3.63) is 203 Å². The average molecular weight is 678 g/mol.